The molecule has 24 heavy (non-hydrogen) atoms. The monoisotopic (exact) mass is 448 g/mol. The molecule has 2 aliphatic rings. The van der Waals surface area contributed by atoms with Gasteiger partial charge in [0.25, 0.3) is 0 Å². The predicted molar refractivity (Wildman–Crippen MR) is 106 cm³/mol. The Morgan fingerprint density at radius 3 is 2.33 bits per heavy atom. The summed E-state index contributed by atoms with van der Waals surface area (Å²) in [4.78, 5) is 8.90. The molecule has 0 amide bonds. The molecule has 0 spiro atoms. The van der Waals surface area contributed by atoms with Gasteiger partial charge in [-0.15, -0.1) is 24.0 Å². The molecule has 7 heteroatoms. The number of hydrogen-bond acceptors (Lipinski definition) is 3. The van der Waals surface area contributed by atoms with Gasteiger partial charge in [-0.2, -0.15) is 0 Å². The summed E-state index contributed by atoms with van der Waals surface area (Å²) in [5.41, 5.74) is 7.11. The Morgan fingerprint density at radius 2 is 1.83 bits per heavy atom. The van der Waals surface area contributed by atoms with E-state index in [0.29, 0.717) is 12.5 Å². The predicted octanol–water partition coefficient (Wildman–Crippen LogP) is 2.45. The minimum absolute atomic E-state index is 0. The lowest BCUT2D eigenvalue weighted by Crippen LogP contribution is -2.52. The number of hydrogen-bond donors (Lipinski definition) is 1. The second-order valence-electron chi connectivity index (χ2n) is 6.37. The van der Waals surface area contributed by atoms with E-state index < -0.39 is 0 Å². The van der Waals surface area contributed by atoms with Crippen LogP contribution in [0, 0.1) is 5.82 Å². The number of anilines is 1. The van der Waals surface area contributed by atoms with E-state index in [1.54, 1.807) is 7.11 Å². The molecule has 2 N–H and O–H groups in total. The third-order valence-corrected chi connectivity index (χ3v) is 5.02. The van der Waals surface area contributed by atoms with Gasteiger partial charge in [0.1, 0.15) is 5.82 Å². The van der Waals surface area contributed by atoms with Crippen molar-refractivity contribution in [3.05, 3.63) is 30.1 Å². The number of piperazine rings is 1. The van der Waals surface area contributed by atoms with Gasteiger partial charge in [-0.25, -0.2) is 4.39 Å². The van der Waals surface area contributed by atoms with Crippen LogP contribution in [0.5, 0.6) is 0 Å². The Hall–Kier alpha value is -1.09. The van der Waals surface area contributed by atoms with Crippen LogP contribution in [0.1, 0.15) is 19.3 Å². The smallest absolute Gasteiger partial charge is 0.191 e. The first kappa shape index (κ1) is 19.2. The van der Waals surface area contributed by atoms with E-state index in [4.69, 9.17) is 10.5 Å². The van der Waals surface area contributed by atoms with Crippen LogP contribution >= 0.6 is 24.0 Å². The lowest BCUT2D eigenvalue weighted by atomic mass is 9.80. The number of nitrogens with zero attached hydrogens (tertiary/aromatic N) is 3. The Balaban J connectivity index is 0.00000208. The van der Waals surface area contributed by atoms with Crippen LogP contribution in [-0.2, 0) is 4.74 Å². The van der Waals surface area contributed by atoms with Crippen LogP contribution in [0.3, 0.4) is 0 Å². The number of guanidine groups is 1. The summed E-state index contributed by atoms with van der Waals surface area (Å²) in [7, 11) is 1.76. The van der Waals surface area contributed by atoms with Crippen LogP contribution in [0.15, 0.2) is 29.3 Å². The zero-order chi connectivity index (χ0) is 16.3. The molecule has 0 radical (unpaired) electrons. The number of ether oxygens (including phenoxy) is 1. The van der Waals surface area contributed by atoms with E-state index >= 15 is 0 Å². The molecule has 1 heterocycles. The fourth-order valence-corrected chi connectivity index (χ4v) is 3.17. The molecule has 0 bridgehead atoms. The first-order valence-corrected chi connectivity index (χ1v) is 8.22. The average Bonchev–Trinajstić information content (AvgIpc) is 2.55. The normalized spacial score (nSPS) is 20.3. The molecular weight excluding hydrogens is 422 g/mol. The third kappa shape index (κ3) is 4.30. The molecular formula is C17H26FIN4O. The summed E-state index contributed by atoms with van der Waals surface area (Å²) >= 11 is 0. The van der Waals surface area contributed by atoms with E-state index in [1.807, 2.05) is 12.1 Å². The highest BCUT2D eigenvalue weighted by atomic mass is 127. The highest BCUT2D eigenvalue weighted by molar-refractivity contribution is 14.0. The number of nitrogens with two attached hydrogens (primary N) is 1. The van der Waals surface area contributed by atoms with E-state index in [1.165, 1.54) is 18.6 Å². The highest BCUT2D eigenvalue weighted by Gasteiger charge is 2.37. The molecule has 5 nitrogen and oxygen atoms in total. The Bertz CT molecular complexity index is 549. The van der Waals surface area contributed by atoms with Gasteiger partial charge in [0, 0.05) is 39.0 Å². The quantitative estimate of drug-likeness (QED) is 0.437. The van der Waals surface area contributed by atoms with Gasteiger partial charge in [0.05, 0.1) is 12.1 Å². The SMILES string of the molecule is COC1(CN=C(N)N2CCN(c3ccc(F)cc3)CC2)CCC1.I. The lowest BCUT2D eigenvalue weighted by molar-refractivity contribution is -0.0631. The molecule has 1 aromatic carbocycles. The van der Waals surface area contributed by atoms with Crippen molar-refractivity contribution >= 4 is 35.6 Å². The van der Waals surface area contributed by atoms with Gasteiger partial charge in [0.15, 0.2) is 5.96 Å². The first-order valence-electron chi connectivity index (χ1n) is 8.22. The second kappa shape index (κ2) is 8.33. The zero-order valence-electron chi connectivity index (χ0n) is 14.1. The fourth-order valence-electron chi connectivity index (χ4n) is 3.17. The topological polar surface area (TPSA) is 54.1 Å². The van der Waals surface area contributed by atoms with Gasteiger partial charge >= 0.3 is 0 Å². The third-order valence-electron chi connectivity index (χ3n) is 5.02. The highest BCUT2D eigenvalue weighted by Crippen LogP contribution is 2.35. The summed E-state index contributed by atoms with van der Waals surface area (Å²) < 4.78 is 18.6. The fraction of sp³-hybridized carbons (Fsp3) is 0.588. The average molecular weight is 448 g/mol. The van der Waals surface area contributed by atoms with E-state index in [2.05, 4.69) is 14.8 Å². The van der Waals surface area contributed by atoms with Crippen LogP contribution in [-0.4, -0.2) is 56.3 Å². The summed E-state index contributed by atoms with van der Waals surface area (Å²) in [5, 5.41) is 0. The van der Waals surface area contributed by atoms with Gasteiger partial charge < -0.3 is 20.3 Å². The molecule has 134 valence electrons. The zero-order valence-corrected chi connectivity index (χ0v) is 16.4. The number of methoxy groups -OCH3 is 1. The molecule has 3 rings (SSSR count). The first-order chi connectivity index (χ1) is 11.1. The lowest BCUT2D eigenvalue weighted by Gasteiger charge is -2.40. The standard InChI is InChI=1S/C17H25FN4O.HI/c1-23-17(7-2-8-17)13-20-16(19)22-11-9-21(10-12-22)15-5-3-14(18)4-6-15;/h3-6H,2,7-13H2,1H3,(H2,19,20);1H. The van der Waals surface area contributed by atoms with Gasteiger partial charge in [-0.05, 0) is 43.5 Å². The van der Waals surface area contributed by atoms with E-state index in [0.717, 1.165) is 44.7 Å². The molecule has 0 unspecified atom stereocenters. The van der Waals surface area contributed by atoms with E-state index in [-0.39, 0.29) is 35.4 Å². The summed E-state index contributed by atoms with van der Waals surface area (Å²) in [6.45, 7) is 4.02. The van der Waals surface area contributed by atoms with Gasteiger partial charge in [-0.1, -0.05) is 0 Å². The maximum Gasteiger partial charge on any atom is 0.191 e. The van der Waals surface area contributed by atoms with Gasteiger partial charge in [0.2, 0.25) is 0 Å². The number of rotatable bonds is 4. The maximum atomic E-state index is 13.0. The van der Waals surface area contributed by atoms with Gasteiger partial charge in [-0.3, -0.25) is 4.99 Å². The van der Waals surface area contributed by atoms with Crippen LogP contribution in [0.25, 0.3) is 0 Å². The van der Waals surface area contributed by atoms with Crippen molar-refractivity contribution < 1.29 is 9.13 Å². The van der Waals surface area contributed by atoms with Crippen LogP contribution in [0.4, 0.5) is 10.1 Å². The van der Waals surface area contributed by atoms with Crippen molar-refractivity contribution in [2.75, 3.05) is 44.7 Å². The number of halogens is 2. The van der Waals surface area contributed by atoms with Crippen molar-refractivity contribution in [3.63, 3.8) is 0 Å². The number of aliphatic imine (C=N–C) groups is 1. The van der Waals surface area contributed by atoms with Crippen LogP contribution < -0.4 is 10.6 Å². The summed E-state index contributed by atoms with van der Waals surface area (Å²) in [6.07, 6.45) is 3.34. The van der Waals surface area contributed by atoms with Crippen LogP contribution in [0.2, 0.25) is 0 Å². The maximum absolute atomic E-state index is 13.0. The largest absolute Gasteiger partial charge is 0.376 e. The molecule has 1 saturated carbocycles. The van der Waals surface area contributed by atoms with E-state index in [9.17, 15) is 4.39 Å². The molecule has 2 fully saturated rings. The molecule has 0 aromatic heterocycles. The minimum atomic E-state index is -0.202. The second-order valence-corrected chi connectivity index (χ2v) is 6.37. The molecule has 1 saturated heterocycles. The molecule has 1 aliphatic carbocycles. The summed E-state index contributed by atoms with van der Waals surface area (Å²) in [6, 6.07) is 6.64. The summed E-state index contributed by atoms with van der Waals surface area (Å²) in [5.74, 6) is 0.402. The molecule has 1 aliphatic heterocycles. The molecule has 0 atom stereocenters. The van der Waals surface area contributed by atoms with Crippen molar-refractivity contribution in [2.24, 2.45) is 10.7 Å². The Kier molecular flexibility index (Phi) is 6.68. The Labute approximate surface area is 160 Å². The molecule has 1 aromatic rings. The van der Waals surface area contributed by atoms with Crippen molar-refractivity contribution in [1.29, 1.82) is 0 Å². The van der Waals surface area contributed by atoms with Crippen molar-refractivity contribution in [1.82, 2.24) is 4.90 Å². The minimum Gasteiger partial charge on any atom is -0.376 e. The Morgan fingerprint density at radius 1 is 1.21 bits per heavy atom. The van der Waals surface area contributed by atoms with Crippen molar-refractivity contribution in [2.45, 2.75) is 24.9 Å². The van der Waals surface area contributed by atoms with Crippen molar-refractivity contribution in [3.8, 4) is 0 Å². The number of benzene rings is 1.